The molecule has 1 unspecified atom stereocenters. The lowest BCUT2D eigenvalue weighted by molar-refractivity contribution is -0.142. The van der Waals surface area contributed by atoms with Crippen LogP contribution in [0.3, 0.4) is 0 Å². The van der Waals surface area contributed by atoms with Gasteiger partial charge in [0.05, 0.1) is 12.5 Å². The second-order valence-electron chi connectivity index (χ2n) is 5.74. The molecule has 2 atom stereocenters. The number of aliphatic hydroxyl groups excluding tert-OH is 2. The summed E-state index contributed by atoms with van der Waals surface area (Å²) in [4.78, 5) is 22.5. The number of nitrogens with one attached hydrogen (secondary N) is 1. The Bertz CT molecular complexity index is 309. The number of carboxylic acid groups (broad SMARTS) is 1. The molecule has 0 saturated carbocycles. The number of hydrogen-bond acceptors (Lipinski definition) is 4. The summed E-state index contributed by atoms with van der Waals surface area (Å²) in [6.07, 6.45) is 7.72. The quantitative estimate of drug-likeness (QED) is 0.366. The van der Waals surface area contributed by atoms with Gasteiger partial charge in [-0.3, -0.25) is 4.79 Å². The van der Waals surface area contributed by atoms with Crippen LogP contribution in [-0.4, -0.2) is 45.9 Å². The molecule has 0 fully saturated rings. The largest absolute Gasteiger partial charge is 0.480 e. The van der Waals surface area contributed by atoms with Crippen LogP contribution in [0, 0.1) is 0 Å². The first kappa shape index (κ1) is 20.9. The Morgan fingerprint density at radius 1 is 1.00 bits per heavy atom. The van der Waals surface area contributed by atoms with Crippen LogP contribution in [0.15, 0.2) is 0 Å². The maximum Gasteiger partial charge on any atom is 0.326 e. The van der Waals surface area contributed by atoms with Crippen molar-refractivity contribution in [2.45, 2.75) is 83.3 Å². The number of carbonyl (C=O) groups is 2. The number of rotatable bonds is 14. The molecule has 1 amide bonds. The lowest BCUT2D eigenvalue weighted by Crippen LogP contribution is -2.42. The van der Waals surface area contributed by atoms with Crippen LogP contribution >= 0.6 is 0 Å². The van der Waals surface area contributed by atoms with Crippen LogP contribution in [0.2, 0.25) is 0 Å². The van der Waals surface area contributed by atoms with Gasteiger partial charge in [-0.1, -0.05) is 51.9 Å². The van der Waals surface area contributed by atoms with E-state index in [0.29, 0.717) is 6.42 Å². The minimum absolute atomic E-state index is 0.0328. The molecule has 0 spiro atoms. The molecular weight excluding hydrogens is 286 g/mol. The van der Waals surface area contributed by atoms with Gasteiger partial charge in [0.25, 0.3) is 0 Å². The fourth-order valence-electron chi connectivity index (χ4n) is 2.29. The van der Waals surface area contributed by atoms with Crippen LogP contribution < -0.4 is 5.32 Å². The molecule has 0 aliphatic heterocycles. The smallest absolute Gasteiger partial charge is 0.326 e. The third-order valence-electron chi connectivity index (χ3n) is 3.61. The monoisotopic (exact) mass is 317 g/mol. The predicted octanol–water partition coefficient (Wildman–Crippen LogP) is 1.83. The maximum absolute atomic E-state index is 11.6. The highest BCUT2D eigenvalue weighted by Gasteiger charge is 2.20. The van der Waals surface area contributed by atoms with Gasteiger partial charge in [-0.05, 0) is 6.42 Å². The highest BCUT2D eigenvalue weighted by atomic mass is 16.4. The van der Waals surface area contributed by atoms with Gasteiger partial charge in [-0.25, -0.2) is 4.79 Å². The summed E-state index contributed by atoms with van der Waals surface area (Å²) >= 11 is 0. The Morgan fingerprint density at radius 3 is 2.14 bits per heavy atom. The lowest BCUT2D eigenvalue weighted by Gasteiger charge is -2.15. The van der Waals surface area contributed by atoms with E-state index in [1.54, 1.807) is 0 Å². The summed E-state index contributed by atoms with van der Waals surface area (Å²) < 4.78 is 0. The molecule has 0 bridgehead atoms. The first-order chi connectivity index (χ1) is 10.5. The number of aliphatic hydroxyl groups is 2. The molecule has 6 heteroatoms. The maximum atomic E-state index is 11.6. The molecule has 0 aromatic rings. The van der Waals surface area contributed by atoms with Crippen molar-refractivity contribution in [2.75, 3.05) is 6.61 Å². The van der Waals surface area contributed by atoms with Gasteiger partial charge in [-0.2, -0.15) is 0 Å². The van der Waals surface area contributed by atoms with Crippen molar-refractivity contribution in [3.05, 3.63) is 0 Å². The topological polar surface area (TPSA) is 107 Å². The predicted molar refractivity (Wildman–Crippen MR) is 84.5 cm³/mol. The third kappa shape index (κ3) is 11.5. The zero-order chi connectivity index (χ0) is 16.8. The van der Waals surface area contributed by atoms with Crippen LogP contribution in [0.5, 0.6) is 0 Å². The van der Waals surface area contributed by atoms with Crippen LogP contribution in [0.4, 0.5) is 0 Å². The summed E-state index contributed by atoms with van der Waals surface area (Å²) in [6.45, 7) is 1.87. The van der Waals surface area contributed by atoms with Crippen LogP contribution in [-0.2, 0) is 9.59 Å². The normalized spacial score (nSPS) is 13.6. The molecule has 0 aromatic carbocycles. The van der Waals surface area contributed by atoms with Crippen molar-refractivity contribution in [1.29, 1.82) is 0 Å². The third-order valence-corrected chi connectivity index (χ3v) is 3.61. The average molecular weight is 317 g/mol. The molecule has 6 nitrogen and oxygen atoms in total. The van der Waals surface area contributed by atoms with E-state index in [0.717, 1.165) is 19.3 Å². The minimum atomic E-state index is -1.18. The second-order valence-corrected chi connectivity index (χ2v) is 5.74. The molecule has 0 aromatic heterocycles. The van der Waals surface area contributed by atoms with Gasteiger partial charge in [0.1, 0.15) is 6.04 Å². The van der Waals surface area contributed by atoms with Crippen molar-refractivity contribution in [3.8, 4) is 0 Å². The molecule has 22 heavy (non-hydrogen) atoms. The molecule has 4 N–H and O–H groups in total. The van der Waals surface area contributed by atoms with Gasteiger partial charge in [0.15, 0.2) is 0 Å². The second kappa shape index (κ2) is 13.5. The average Bonchev–Trinajstić information content (AvgIpc) is 2.45. The van der Waals surface area contributed by atoms with Crippen LogP contribution in [0.1, 0.15) is 71.1 Å². The Balaban J connectivity index is 3.74. The molecular formula is C16H31NO5. The van der Waals surface area contributed by atoms with Gasteiger partial charge >= 0.3 is 5.97 Å². The first-order valence-corrected chi connectivity index (χ1v) is 8.32. The molecule has 0 aliphatic rings. The minimum Gasteiger partial charge on any atom is -0.480 e. The van der Waals surface area contributed by atoms with E-state index in [1.807, 2.05) is 0 Å². The van der Waals surface area contributed by atoms with E-state index < -0.39 is 24.0 Å². The molecule has 130 valence electrons. The zero-order valence-electron chi connectivity index (χ0n) is 13.6. The number of carboxylic acids is 1. The molecule has 0 heterocycles. The van der Waals surface area contributed by atoms with Crippen molar-refractivity contribution >= 4 is 11.9 Å². The van der Waals surface area contributed by atoms with Gasteiger partial charge in [-0.15, -0.1) is 0 Å². The molecule has 0 aliphatic carbocycles. The van der Waals surface area contributed by atoms with Crippen molar-refractivity contribution in [1.82, 2.24) is 5.32 Å². The summed E-state index contributed by atoms with van der Waals surface area (Å²) in [7, 11) is 0. The van der Waals surface area contributed by atoms with E-state index in [9.17, 15) is 14.7 Å². The molecule has 0 rings (SSSR count). The fraction of sp³-hybridized carbons (Fsp3) is 0.875. The number of carbonyl (C=O) groups excluding carboxylic acids is 1. The summed E-state index contributed by atoms with van der Waals surface area (Å²) in [5.74, 6) is -1.67. The number of unbranched alkanes of at least 4 members (excludes halogenated alkanes) is 6. The number of aliphatic carboxylic acids is 1. The Kier molecular flexibility index (Phi) is 12.8. The highest BCUT2D eigenvalue weighted by Crippen LogP contribution is 2.11. The van der Waals surface area contributed by atoms with Crippen molar-refractivity contribution in [2.24, 2.45) is 0 Å². The lowest BCUT2D eigenvalue weighted by atomic mass is 10.0. The highest BCUT2D eigenvalue weighted by molar-refractivity contribution is 5.83. The van der Waals surface area contributed by atoms with Gasteiger partial charge in [0.2, 0.25) is 5.91 Å². The van der Waals surface area contributed by atoms with E-state index in [-0.39, 0.29) is 19.4 Å². The SMILES string of the molecule is CCCCCCCCCC(O)CC(=O)N[C@@H](CCO)C(=O)O. The van der Waals surface area contributed by atoms with Crippen LogP contribution in [0.25, 0.3) is 0 Å². The van der Waals surface area contributed by atoms with E-state index >= 15 is 0 Å². The summed E-state index contributed by atoms with van der Waals surface area (Å²) in [6, 6.07) is -1.09. The molecule has 0 radical (unpaired) electrons. The van der Waals surface area contributed by atoms with Crippen molar-refractivity contribution < 1.29 is 24.9 Å². The van der Waals surface area contributed by atoms with E-state index in [2.05, 4.69) is 12.2 Å². The number of hydrogen-bond donors (Lipinski definition) is 4. The first-order valence-electron chi connectivity index (χ1n) is 8.32. The Labute approximate surface area is 132 Å². The van der Waals surface area contributed by atoms with E-state index in [1.165, 1.54) is 25.7 Å². The zero-order valence-corrected chi connectivity index (χ0v) is 13.6. The molecule has 0 saturated heterocycles. The van der Waals surface area contributed by atoms with Crippen molar-refractivity contribution in [3.63, 3.8) is 0 Å². The Morgan fingerprint density at radius 2 is 1.59 bits per heavy atom. The fourth-order valence-corrected chi connectivity index (χ4v) is 2.29. The summed E-state index contributed by atoms with van der Waals surface area (Å²) in [5, 5.41) is 29.7. The van der Waals surface area contributed by atoms with Gasteiger partial charge in [0, 0.05) is 13.0 Å². The Hall–Kier alpha value is -1.14. The standard InChI is InChI=1S/C16H31NO5/c1-2-3-4-5-6-7-8-9-13(19)12-15(20)17-14(10-11-18)16(21)22/h13-14,18-19H,2-12H2,1H3,(H,17,20)(H,21,22)/t13?,14-/m0/s1. The summed E-state index contributed by atoms with van der Waals surface area (Å²) in [5.41, 5.74) is 0. The van der Waals surface area contributed by atoms with Gasteiger partial charge < -0.3 is 20.6 Å². The van der Waals surface area contributed by atoms with E-state index in [4.69, 9.17) is 10.2 Å². The number of amides is 1.